The topological polar surface area (TPSA) is 24.1 Å². The Morgan fingerprint density at radius 1 is 1.50 bits per heavy atom. The quantitative estimate of drug-likeness (QED) is 0.810. The lowest BCUT2D eigenvalue weighted by Crippen LogP contribution is -2.24. The molecule has 1 rings (SSSR count). The van der Waals surface area contributed by atoms with Gasteiger partial charge in [0.2, 0.25) is 0 Å². The second kappa shape index (κ2) is 5.32. The van der Waals surface area contributed by atoms with Gasteiger partial charge in [-0.25, -0.2) is 0 Å². The van der Waals surface area contributed by atoms with Gasteiger partial charge in [-0.1, -0.05) is 22.9 Å². The summed E-state index contributed by atoms with van der Waals surface area (Å²) in [6.07, 6.45) is 0.980. The SMILES string of the molecule is CCc1cc(Br)ccc1NC(=S)NC. The average Bonchev–Trinajstić information content (AvgIpc) is 2.20. The lowest BCUT2D eigenvalue weighted by atomic mass is 10.1. The Morgan fingerprint density at radius 3 is 2.79 bits per heavy atom. The maximum Gasteiger partial charge on any atom is 0.170 e. The summed E-state index contributed by atoms with van der Waals surface area (Å²) in [5, 5.41) is 6.67. The van der Waals surface area contributed by atoms with E-state index in [4.69, 9.17) is 12.2 Å². The first-order chi connectivity index (χ1) is 6.67. The van der Waals surface area contributed by atoms with Crippen LogP contribution in [0.4, 0.5) is 5.69 Å². The van der Waals surface area contributed by atoms with E-state index in [0.717, 1.165) is 16.6 Å². The van der Waals surface area contributed by atoms with Crippen LogP contribution in [0.3, 0.4) is 0 Å². The van der Waals surface area contributed by atoms with E-state index in [0.29, 0.717) is 5.11 Å². The minimum Gasteiger partial charge on any atom is -0.366 e. The van der Waals surface area contributed by atoms with Gasteiger partial charge in [0.1, 0.15) is 0 Å². The van der Waals surface area contributed by atoms with E-state index in [1.807, 2.05) is 12.1 Å². The molecule has 2 N–H and O–H groups in total. The Balaban J connectivity index is 2.90. The second-order valence-corrected chi connectivity index (χ2v) is 4.18. The first kappa shape index (κ1) is 11.5. The van der Waals surface area contributed by atoms with Gasteiger partial charge in [0.05, 0.1) is 0 Å². The predicted octanol–water partition coefficient (Wildman–Crippen LogP) is 2.93. The zero-order valence-electron chi connectivity index (χ0n) is 8.23. The summed E-state index contributed by atoms with van der Waals surface area (Å²) in [6, 6.07) is 6.12. The van der Waals surface area contributed by atoms with Crippen LogP contribution in [0.25, 0.3) is 0 Å². The van der Waals surface area contributed by atoms with Gasteiger partial charge in [0.15, 0.2) is 5.11 Å². The molecule has 76 valence electrons. The van der Waals surface area contributed by atoms with Crippen LogP contribution >= 0.6 is 28.1 Å². The summed E-state index contributed by atoms with van der Waals surface area (Å²) in [6.45, 7) is 2.12. The molecule has 0 aliphatic heterocycles. The van der Waals surface area contributed by atoms with E-state index >= 15 is 0 Å². The number of hydrogen-bond donors (Lipinski definition) is 2. The normalized spacial score (nSPS) is 9.64. The first-order valence-electron chi connectivity index (χ1n) is 4.44. The fourth-order valence-corrected chi connectivity index (χ4v) is 1.68. The molecule has 0 spiro atoms. The summed E-state index contributed by atoms with van der Waals surface area (Å²) < 4.78 is 1.09. The molecule has 0 unspecified atom stereocenters. The van der Waals surface area contributed by atoms with Crippen molar-refractivity contribution in [3.05, 3.63) is 28.2 Å². The van der Waals surface area contributed by atoms with Gasteiger partial charge < -0.3 is 10.6 Å². The summed E-state index contributed by atoms with van der Waals surface area (Å²) in [5.74, 6) is 0. The van der Waals surface area contributed by atoms with Crippen molar-refractivity contribution in [2.24, 2.45) is 0 Å². The number of nitrogens with one attached hydrogen (secondary N) is 2. The maximum absolute atomic E-state index is 5.04. The highest BCUT2D eigenvalue weighted by Crippen LogP contribution is 2.21. The Kier molecular flexibility index (Phi) is 4.35. The Labute approximate surface area is 98.2 Å². The van der Waals surface area contributed by atoms with Crippen molar-refractivity contribution in [1.29, 1.82) is 0 Å². The third-order valence-corrected chi connectivity index (χ3v) is 2.72. The molecule has 2 nitrogen and oxygen atoms in total. The molecule has 1 aromatic rings. The highest BCUT2D eigenvalue weighted by atomic mass is 79.9. The highest BCUT2D eigenvalue weighted by Gasteiger charge is 2.02. The smallest absolute Gasteiger partial charge is 0.170 e. The van der Waals surface area contributed by atoms with Crippen LogP contribution in [0.15, 0.2) is 22.7 Å². The van der Waals surface area contributed by atoms with Crippen LogP contribution in [0.2, 0.25) is 0 Å². The molecular formula is C10H13BrN2S. The van der Waals surface area contributed by atoms with Crippen LogP contribution in [0, 0.1) is 0 Å². The molecule has 0 aliphatic carbocycles. The fraction of sp³-hybridized carbons (Fsp3) is 0.300. The Bertz CT molecular complexity index is 339. The van der Waals surface area contributed by atoms with Gasteiger partial charge in [-0.3, -0.25) is 0 Å². The van der Waals surface area contributed by atoms with Gasteiger partial charge in [-0.15, -0.1) is 0 Å². The molecule has 0 aliphatic rings. The number of thiocarbonyl (C=S) groups is 1. The molecule has 0 saturated carbocycles. The summed E-state index contributed by atoms with van der Waals surface area (Å²) >= 11 is 8.49. The number of hydrogen-bond acceptors (Lipinski definition) is 1. The standard InChI is InChI=1S/C10H13BrN2S/c1-3-7-6-8(11)4-5-9(7)13-10(14)12-2/h4-6H,3H2,1-2H3,(H2,12,13,14). The van der Waals surface area contributed by atoms with E-state index < -0.39 is 0 Å². The monoisotopic (exact) mass is 272 g/mol. The van der Waals surface area contributed by atoms with Crippen molar-refractivity contribution < 1.29 is 0 Å². The van der Waals surface area contributed by atoms with Gasteiger partial charge in [-0.05, 0) is 42.4 Å². The zero-order chi connectivity index (χ0) is 10.6. The van der Waals surface area contributed by atoms with Gasteiger partial charge in [0, 0.05) is 17.2 Å². The zero-order valence-corrected chi connectivity index (χ0v) is 10.6. The predicted molar refractivity (Wildman–Crippen MR) is 68.8 cm³/mol. The van der Waals surface area contributed by atoms with Crippen LogP contribution in [0.1, 0.15) is 12.5 Å². The summed E-state index contributed by atoms with van der Waals surface area (Å²) in [5.41, 5.74) is 2.31. The minimum atomic E-state index is 0.641. The van der Waals surface area contributed by atoms with Crippen molar-refractivity contribution in [2.45, 2.75) is 13.3 Å². The van der Waals surface area contributed by atoms with Gasteiger partial charge in [-0.2, -0.15) is 0 Å². The molecule has 1 aromatic carbocycles. The van der Waals surface area contributed by atoms with E-state index in [-0.39, 0.29) is 0 Å². The molecule has 14 heavy (non-hydrogen) atoms. The molecule has 0 heterocycles. The van der Waals surface area contributed by atoms with Crippen LogP contribution in [-0.4, -0.2) is 12.2 Å². The molecule has 0 atom stereocenters. The molecular weight excluding hydrogens is 260 g/mol. The minimum absolute atomic E-state index is 0.641. The number of benzene rings is 1. The highest BCUT2D eigenvalue weighted by molar-refractivity contribution is 9.10. The van der Waals surface area contributed by atoms with Crippen LogP contribution in [-0.2, 0) is 6.42 Å². The lowest BCUT2D eigenvalue weighted by Gasteiger charge is -2.11. The van der Waals surface area contributed by atoms with Crippen molar-refractivity contribution in [2.75, 3.05) is 12.4 Å². The third-order valence-electron chi connectivity index (χ3n) is 1.92. The maximum atomic E-state index is 5.04. The molecule has 0 amide bonds. The largest absolute Gasteiger partial charge is 0.366 e. The molecule has 0 saturated heterocycles. The Morgan fingerprint density at radius 2 is 2.21 bits per heavy atom. The molecule has 0 radical (unpaired) electrons. The van der Waals surface area contributed by atoms with Crippen molar-refractivity contribution in [3.63, 3.8) is 0 Å². The van der Waals surface area contributed by atoms with E-state index in [1.54, 1.807) is 7.05 Å². The molecule has 4 heteroatoms. The Hall–Kier alpha value is -0.610. The number of aryl methyl sites for hydroxylation is 1. The fourth-order valence-electron chi connectivity index (χ4n) is 1.16. The summed E-state index contributed by atoms with van der Waals surface area (Å²) in [4.78, 5) is 0. The molecule has 0 aromatic heterocycles. The van der Waals surface area contributed by atoms with E-state index in [2.05, 4.69) is 39.6 Å². The third kappa shape index (κ3) is 2.96. The summed E-state index contributed by atoms with van der Waals surface area (Å²) in [7, 11) is 1.81. The van der Waals surface area contributed by atoms with Crippen molar-refractivity contribution in [1.82, 2.24) is 5.32 Å². The van der Waals surface area contributed by atoms with Crippen molar-refractivity contribution in [3.8, 4) is 0 Å². The van der Waals surface area contributed by atoms with Crippen LogP contribution in [0.5, 0.6) is 0 Å². The number of halogens is 1. The van der Waals surface area contributed by atoms with E-state index in [9.17, 15) is 0 Å². The lowest BCUT2D eigenvalue weighted by molar-refractivity contribution is 1.13. The second-order valence-electron chi connectivity index (χ2n) is 2.86. The molecule has 0 fully saturated rings. The van der Waals surface area contributed by atoms with Gasteiger partial charge >= 0.3 is 0 Å². The average molecular weight is 273 g/mol. The van der Waals surface area contributed by atoms with Crippen molar-refractivity contribution >= 4 is 38.9 Å². The number of rotatable bonds is 2. The van der Waals surface area contributed by atoms with Crippen LogP contribution < -0.4 is 10.6 Å². The number of anilines is 1. The van der Waals surface area contributed by atoms with Gasteiger partial charge in [0.25, 0.3) is 0 Å². The van der Waals surface area contributed by atoms with E-state index in [1.165, 1.54) is 5.56 Å². The first-order valence-corrected chi connectivity index (χ1v) is 5.64. The molecule has 0 bridgehead atoms.